The van der Waals surface area contributed by atoms with E-state index >= 15 is 0 Å². The molecule has 0 unspecified atom stereocenters. The van der Waals surface area contributed by atoms with Crippen LogP contribution in [0.5, 0.6) is 11.6 Å². The van der Waals surface area contributed by atoms with E-state index in [0.717, 1.165) is 36.6 Å². The average Bonchev–Trinajstić information content (AvgIpc) is 3.17. The first kappa shape index (κ1) is 20.9. The van der Waals surface area contributed by atoms with E-state index in [2.05, 4.69) is 5.32 Å². The number of anilines is 1. The summed E-state index contributed by atoms with van der Waals surface area (Å²) in [4.78, 5) is 12.8. The van der Waals surface area contributed by atoms with Crippen molar-refractivity contribution in [2.45, 2.75) is 44.8 Å². The van der Waals surface area contributed by atoms with Crippen molar-refractivity contribution < 1.29 is 24.1 Å². The van der Waals surface area contributed by atoms with E-state index in [4.69, 9.17) is 14.6 Å². The highest BCUT2D eigenvalue weighted by molar-refractivity contribution is 6.04. The minimum absolute atomic E-state index is 0.0343. The minimum atomic E-state index is -0.567. The maximum absolute atomic E-state index is 12.8. The Hall–Kier alpha value is -3.33. The van der Waals surface area contributed by atoms with Gasteiger partial charge in [-0.1, -0.05) is 0 Å². The number of aromatic nitrogens is 3. The van der Waals surface area contributed by atoms with Gasteiger partial charge in [0.05, 0.1) is 43.1 Å². The molecular formula is C22H26N4O5. The second kappa shape index (κ2) is 8.81. The molecule has 9 nitrogen and oxygen atoms in total. The van der Waals surface area contributed by atoms with Gasteiger partial charge in [0.1, 0.15) is 5.75 Å². The van der Waals surface area contributed by atoms with Gasteiger partial charge in [-0.25, -0.2) is 0 Å². The van der Waals surface area contributed by atoms with Crippen LogP contribution in [0.2, 0.25) is 0 Å². The van der Waals surface area contributed by atoms with Crippen molar-refractivity contribution in [1.82, 2.24) is 9.78 Å². The van der Waals surface area contributed by atoms with Crippen LogP contribution in [-0.2, 0) is 0 Å². The number of hydrogen-bond donors (Lipinski definition) is 2. The standard InChI is InChI=1S/C22H26N4O5/c1-3-31-20-12-17-14(13-25(24-17)15-7-9-16(27)10-8-15)11-18(20)23-22(28)19-5-4-6-21(30-2)26(19)29/h4-6,11-13,15-16,27H,3,7-10H2,1-2H3,(H,23,28). The first-order valence-electron chi connectivity index (χ1n) is 10.4. The Labute approximate surface area is 179 Å². The van der Waals surface area contributed by atoms with Crippen LogP contribution in [0.15, 0.2) is 36.5 Å². The number of aliphatic hydroxyl groups is 1. The molecule has 0 spiro atoms. The lowest BCUT2D eigenvalue weighted by atomic mass is 9.93. The zero-order valence-electron chi connectivity index (χ0n) is 17.6. The van der Waals surface area contributed by atoms with Crippen molar-refractivity contribution in [3.63, 3.8) is 0 Å². The summed E-state index contributed by atoms with van der Waals surface area (Å²) >= 11 is 0. The molecular weight excluding hydrogens is 400 g/mol. The largest absolute Gasteiger partial charge is 0.615 e. The Morgan fingerprint density at radius 2 is 2.10 bits per heavy atom. The van der Waals surface area contributed by atoms with Crippen LogP contribution in [0, 0.1) is 5.21 Å². The molecule has 2 aromatic heterocycles. The SMILES string of the molecule is CCOc1cc2nn(C3CCC(O)CC3)cc2cc1NC(=O)c1cccc(OC)[n+]1[O-]. The topological polar surface area (TPSA) is 113 Å². The number of fused-ring (bicyclic) bond motifs is 1. The highest BCUT2D eigenvalue weighted by Gasteiger charge is 2.24. The van der Waals surface area contributed by atoms with Gasteiger partial charge in [0.15, 0.2) is 0 Å². The van der Waals surface area contributed by atoms with E-state index in [1.165, 1.54) is 19.2 Å². The first-order valence-corrected chi connectivity index (χ1v) is 10.4. The zero-order valence-corrected chi connectivity index (χ0v) is 17.6. The van der Waals surface area contributed by atoms with Gasteiger partial charge in [-0.15, -0.1) is 4.73 Å². The molecule has 1 fully saturated rings. The Morgan fingerprint density at radius 3 is 2.81 bits per heavy atom. The summed E-state index contributed by atoms with van der Waals surface area (Å²) in [6.45, 7) is 2.27. The van der Waals surface area contributed by atoms with E-state index in [0.29, 0.717) is 22.8 Å². The average molecular weight is 426 g/mol. The summed E-state index contributed by atoms with van der Waals surface area (Å²) in [5.41, 5.74) is 1.13. The molecule has 0 atom stereocenters. The summed E-state index contributed by atoms with van der Waals surface area (Å²) in [5, 5.41) is 30.4. The van der Waals surface area contributed by atoms with Crippen LogP contribution < -0.4 is 19.5 Å². The third kappa shape index (κ3) is 4.27. The number of hydrogen-bond acceptors (Lipinski definition) is 6. The number of nitrogens with one attached hydrogen (secondary N) is 1. The van der Waals surface area contributed by atoms with Gasteiger partial charge in [0, 0.05) is 23.7 Å². The Bertz CT molecular complexity index is 1090. The molecule has 9 heteroatoms. The molecule has 2 heterocycles. The summed E-state index contributed by atoms with van der Waals surface area (Å²) in [7, 11) is 1.37. The molecule has 0 radical (unpaired) electrons. The van der Waals surface area contributed by atoms with Crippen LogP contribution in [-0.4, -0.2) is 40.6 Å². The molecule has 164 valence electrons. The first-order chi connectivity index (χ1) is 15.0. The number of carbonyl (C=O) groups excluding carboxylic acids is 1. The van der Waals surface area contributed by atoms with Gasteiger partial charge in [-0.3, -0.25) is 9.48 Å². The lowest BCUT2D eigenvalue weighted by Crippen LogP contribution is -2.38. The van der Waals surface area contributed by atoms with E-state index < -0.39 is 5.91 Å². The Kier molecular flexibility index (Phi) is 5.94. The number of methoxy groups -OCH3 is 1. The van der Waals surface area contributed by atoms with Gasteiger partial charge in [-0.05, 0) is 44.7 Å². The van der Waals surface area contributed by atoms with E-state index in [1.54, 1.807) is 18.2 Å². The van der Waals surface area contributed by atoms with Crippen molar-refractivity contribution >= 4 is 22.5 Å². The molecule has 1 aliphatic carbocycles. The predicted octanol–water partition coefficient (Wildman–Crippen LogP) is 2.81. The van der Waals surface area contributed by atoms with Gasteiger partial charge in [0.25, 0.3) is 5.69 Å². The number of rotatable bonds is 6. The number of amides is 1. The number of aliphatic hydroxyl groups excluding tert-OH is 1. The maximum atomic E-state index is 12.8. The van der Waals surface area contributed by atoms with Crippen LogP contribution in [0.25, 0.3) is 10.9 Å². The Morgan fingerprint density at radius 1 is 1.32 bits per heavy atom. The molecule has 0 bridgehead atoms. The molecule has 1 aromatic carbocycles. The lowest BCUT2D eigenvalue weighted by molar-refractivity contribution is -0.614. The predicted molar refractivity (Wildman–Crippen MR) is 114 cm³/mol. The molecule has 4 rings (SSSR count). The van der Waals surface area contributed by atoms with E-state index in [-0.39, 0.29) is 23.7 Å². The summed E-state index contributed by atoms with van der Waals surface area (Å²) in [5.74, 6) is -0.0529. The van der Waals surface area contributed by atoms with E-state index in [9.17, 15) is 15.1 Å². The molecule has 0 saturated heterocycles. The molecule has 1 amide bonds. The molecule has 0 aliphatic heterocycles. The molecule has 31 heavy (non-hydrogen) atoms. The van der Waals surface area contributed by atoms with E-state index in [1.807, 2.05) is 17.8 Å². The molecule has 1 aliphatic rings. The highest BCUT2D eigenvalue weighted by Crippen LogP contribution is 2.33. The molecule has 2 N–H and O–H groups in total. The zero-order chi connectivity index (χ0) is 22.0. The van der Waals surface area contributed by atoms with Crippen molar-refractivity contribution in [2.75, 3.05) is 19.0 Å². The third-order valence-corrected chi connectivity index (χ3v) is 5.57. The fourth-order valence-electron chi connectivity index (χ4n) is 3.93. The number of ether oxygens (including phenoxy) is 2. The smallest absolute Gasteiger partial charge is 0.379 e. The molecule has 1 saturated carbocycles. The summed E-state index contributed by atoms with van der Waals surface area (Å²) < 4.78 is 13.1. The monoisotopic (exact) mass is 426 g/mol. The van der Waals surface area contributed by atoms with Gasteiger partial charge in [0.2, 0.25) is 0 Å². The van der Waals surface area contributed by atoms with Crippen LogP contribution >= 0.6 is 0 Å². The van der Waals surface area contributed by atoms with Crippen molar-refractivity contribution in [2.24, 2.45) is 0 Å². The van der Waals surface area contributed by atoms with Crippen molar-refractivity contribution in [1.29, 1.82) is 0 Å². The second-order valence-corrected chi connectivity index (χ2v) is 7.61. The van der Waals surface area contributed by atoms with Crippen LogP contribution in [0.4, 0.5) is 5.69 Å². The minimum Gasteiger partial charge on any atom is -0.615 e. The van der Waals surface area contributed by atoms with Crippen molar-refractivity contribution in [3.05, 3.63) is 47.4 Å². The maximum Gasteiger partial charge on any atom is 0.379 e. The normalized spacial score (nSPS) is 18.7. The quantitative estimate of drug-likeness (QED) is 0.463. The second-order valence-electron chi connectivity index (χ2n) is 7.61. The fourth-order valence-corrected chi connectivity index (χ4v) is 3.93. The van der Waals surface area contributed by atoms with Gasteiger partial charge < -0.3 is 25.1 Å². The molecule has 3 aromatic rings. The number of benzene rings is 1. The van der Waals surface area contributed by atoms with Crippen LogP contribution in [0.3, 0.4) is 0 Å². The van der Waals surface area contributed by atoms with Gasteiger partial charge in [-0.2, -0.15) is 5.10 Å². The lowest BCUT2D eigenvalue weighted by Gasteiger charge is -2.25. The summed E-state index contributed by atoms with van der Waals surface area (Å²) in [6.07, 6.45) is 4.99. The van der Waals surface area contributed by atoms with Crippen LogP contribution in [0.1, 0.15) is 49.1 Å². The summed E-state index contributed by atoms with van der Waals surface area (Å²) in [6, 6.07) is 8.33. The number of pyridine rings is 1. The third-order valence-electron chi connectivity index (χ3n) is 5.57. The number of nitrogens with zero attached hydrogens (tertiary/aromatic N) is 3. The number of carbonyl (C=O) groups is 1. The fraction of sp³-hybridized carbons (Fsp3) is 0.409. The Balaban J connectivity index is 1.64. The highest BCUT2D eigenvalue weighted by atomic mass is 16.5. The van der Waals surface area contributed by atoms with Crippen molar-refractivity contribution in [3.8, 4) is 11.6 Å². The van der Waals surface area contributed by atoms with Gasteiger partial charge >= 0.3 is 11.8 Å².